The van der Waals surface area contributed by atoms with E-state index in [0.717, 1.165) is 12.0 Å². The van der Waals surface area contributed by atoms with Gasteiger partial charge in [-0.15, -0.1) is 0 Å². The van der Waals surface area contributed by atoms with Crippen LogP contribution in [0, 0.1) is 5.92 Å². The number of esters is 1. The molecule has 1 saturated heterocycles. The van der Waals surface area contributed by atoms with Gasteiger partial charge in [0.05, 0.1) is 12.5 Å². The second kappa shape index (κ2) is 2.59. The average molecular weight is 168 g/mol. The Morgan fingerprint density at radius 1 is 1.58 bits per heavy atom. The van der Waals surface area contributed by atoms with Crippen LogP contribution in [-0.2, 0) is 9.53 Å². The van der Waals surface area contributed by atoms with Crippen molar-refractivity contribution >= 4 is 5.97 Å². The molecule has 66 valence electrons. The number of fused-ring (bicyclic) bond motifs is 1. The summed E-state index contributed by atoms with van der Waals surface area (Å²) in [5.74, 6) is -0.173. The summed E-state index contributed by atoms with van der Waals surface area (Å²) >= 11 is 0. The number of hydrogen-bond donors (Lipinski definition) is 1. The van der Waals surface area contributed by atoms with E-state index in [9.17, 15) is 9.90 Å². The van der Waals surface area contributed by atoms with Gasteiger partial charge in [-0.05, 0) is 6.92 Å². The second-order valence-corrected chi connectivity index (χ2v) is 3.60. The van der Waals surface area contributed by atoms with Crippen LogP contribution in [0.1, 0.15) is 19.8 Å². The van der Waals surface area contributed by atoms with Crippen LogP contribution in [0.15, 0.2) is 11.6 Å². The van der Waals surface area contributed by atoms with E-state index in [1.807, 2.05) is 13.0 Å². The van der Waals surface area contributed by atoms with Crippen LogP contribution in [-0.4, -0.2) is 23.3 Å². The zero-order chi connectivity index (χ0) is 8.72. The number of hydrogen-bond acceptors (Lipinski definition) is 3. The van der Waals surface area contributed by atoms with Crippen molar-refractivity contribution in [3.05, 3.63) is 11.6 Å². The average Bonchev–Trinajstić information content (AvgIpc) is 2.29. The van der Waals surface area contributed by atoms with Gasteiger partial charge in [-0.25, -0.2) is 0 Å². The van der Waals surface area contributed by atoms with Gasteiger partial charge in [-0.3, -0.25) is 4.79 Å². The van der Waals surface area contributed by atoms with E-state index < -0.39 is 6.10 Å². The van der Waals surface area contributed by atoms with Gasteiger partial charge in [-0.2, -0.15) is 0 Å². The zero-order valence-electron chi connectivity index (χ0n) is 6.99. The molecule has 2 aliphatic rings. The van der Waals surface area contributed by atoms with E-state index in [-0.39, 0.29) is 18.0 Å². The maximum absolute atomic E-state index is 10.9. The molecular weight excluding hydrogens is 156 g/mol. The normalized spacial score (nSPS) is 40.3. The first-order chi connectivity index (χ1) is 5.66. The Labute approximate surface area is 71.0 Å². The fourth-order valence-electron chi connectivity index (χ4n) is 1.96. The maximum atomic E-state index is 10.9. The maximum Gasteiger partial charge on any atom is 0.306 e. The SMILES string of the molecule is CC1=CC(O)[C@H]2CC(=O)O[C@H]2C1. The Morgan fingerprint density at radius 2 is 2.33 bits per heavy atom. The molecule has 1 fully saturated rings. The van der Waals surface area contributed by atoms with Crippen LogP contribution >= 0.6 is 0 Å². The van der Waals surface area contributed by atoms with E-state index in [4.69, 9.17) is 4.74 Å². The summed E-state index contributed by atoms with van der Waals surface area (Å²) in [5.41, 5.74) is 1.11. The Hall–Kier alpha value is -0.830. The van der Waals surface area contributed by atoms with E-state index in [0.29, 0.717) is 6.42 Å². The number of aliphatic hydroxyl groups is 1. The Bertz CT molecular complexity index is 244. The minimum Gasteiger partial charge on any atom is -0.462 e. The molecule has 0 radical (unpaired) electrons. The van der Waals surface area contributed by atoms with Crippen molar-refractivity contribution in [1.29, 1.82) is 0 Å². The van der Waals surface area contributed by atoms with Gasteiger partial charge in [0, 0.05) is 12.3 Å². The molecule has 3 heteroatoms. The first kappa shape index (κ1) is 7.80. The predicted molar refractivity (Wildman–Crippen MR) is 42.4 cm³/mol. The summed E-state index contributed by atoms with van der Waals surface area (Å²) in [6.45, 7) is 1.95. The van der Waals surface area contributed by atoms with Crippen molar-refractivity contribution in [2.75, 3.05) is 0 Å². The largest absolute Gasteiger partial charge is 0.462 e. The number of rotatable bonds is 0. The molecule has 1 N–H and O–H groups in total. The molecule has 1 aliphatic carbocycles. The summed E-state index contributed by atoms with van der Waals surface area (Å²) in [5, 5.41) is 9.56. The van der Waals surface area contributed by atoms with Crippen molar-refractivity contribution < 1.29 is 14.6 Å². The molecule has 1 unspecified atom stereocenters. The van der Waals surface area contributed by atoms with Gasteiger partial charge >= 0.3 is 5.97 Å². The first-order valence-electron chi connectivity index (χ1n) is 4.21. The summed E-state index contributed by atoms with van der Waals surface area (Å²) in [4.78, 5) is 10.9. The third kappa shape index (κ3) is 1.14. The van der Waals surface area contributed by atoms with Crippen molar-refractivity contribution in [3.63, 3.8) is 0 Å². The van der Waals surface area contributed by atoms with Gasteiger partial charge in [0.2, 0.25) is 0 Å². The molecule has 0 amide bonds. The Kier molecular flexibility index (Phi) is 1.68. The quantitative estimate of drug-likeness (QED) is 0.426. The Morgan fingerprint density at radius 3 is 3.08 bits per heavy atom. The van der Waals surface area contributed by atoms with Gasteiger partial charge in [-0.1, -0.05) is 11.6 Å². The third-order valence-electron chi connectivity index (χ3n) is 2.58. The summed E-state index contributed by atoms with van der Waals surface area (Å²) in [7, 11) is 0. The van der Waals surface area contributed by atoms with E-state index in [1.54, 1.807) is 0 Å². The minimum atomic E-state index is -0.491. The van der Waals surface area contributed by atoms with Crippen LogP contribution in [0.25, 0.3) is 0 Å². The first-order valence-corrected chi connectivity index (χ1v) is 4.21. The van der Waals surface area contributed by atoms with Crippen molar-refractivity contribution in [3.8, 4) is 0 Å². The Balaban J connectivity index is 2.20. The summed E-state index contributed by atoms with van der Waals surface area (Å²) in [6, 6.07) is 0. The predicted octanol–water partition coefficient (Wildman–Crippen LogP) is 0.629. The molecule has 0 spiro atoms. The number of carbonyl (C=O) groups is 1. The topological polar surface area (TPSA) is 46.5 Å². The summed E-state index contributed by atoms with van der Waals surface area (Å²) < 4.78 is 5.07. The third-order valence-corrected chi connectivity index (χ3v) is 2.58. The van der Waals surface area contributed by atoms with E-state index in [1.165, 1.54) is 0 Å². The molecule has 0 saturated carbocycles. The molecular formula is C9H12O3. The molecule has 1 aliphatic heterocycles. The molecule has 0 aromatic heterocycles. The van der Waals surface area contributed by atoms with Crippen molar-refractivity contribution in [2.24, 2.45) is 5.92 Å². The minimum absolute atomic E-state index is 0.00111. The fraction of sp³-hybridized carbons (Fsp3) is 0.667. The molecule has 1 heterocycles. The van der Waals surface area contributed by atoms with Crippen molar-refractivity contribution in [2.45, 2.75) is 32.0 Å². The smallest absolute Gasteiger partial charge is 0.306 e. The molecule has 0 aromatic carbocycles. The molecule has 12 heavy (non-hydrogen) atoms. The van der Waals surface area contributed by atoms with Crippen LogP contribution in [0.4, 0.5) is 0 Å². The standard InChI is InChI=1S/C9H12O3/c1-5-2-7(10)6-4-9(11)12-8(6)3-5/h2,6-8,10H,3-4H2,1H3/t6-,7?,8+/m1/s1. The van der Waals surface area contributed by atoms with Gasteiger partial charge in [0.15, 0.2) is 0 Å². The highest BCUT2D eigenvalue weighted by molar-refractivity contribution is 5.72. The lowest BCUT2D eigenvalue weighted by Crippen LogP contribution is -2.30. The number of carbonyl (C=O) groups excluding carboxylic acids is 1. The van der Waals surface area contributed by atoms with Crippen LogP contribution in [0.3, 0.4) is 0 Å². The molecule has 3 nitrogen and oxygen atoms in total. The highest BCUT2D eigenvalue weighted by atomic mass is 16.6. The van der Waals surface area contributed by atoms with E-state index >= 15 is 0 Å². The molecule has 2 rings (SSSR count). The fourth-order valence-corrected chi connectivity index (χ4v) is 1.96. The number of ether oxygens (including phenoxy) is 1. The van der Waals surface area contributed by atoms with Crippen molar-refractivity contribution in [1.82, 2.24) is 0 Å². The highest BCUT2D eigenvalue weighted by Crippen LogP contribution is 2.34. The molecule has 3 atom stereocenters. The van der Waals surface area contributed by atoms with Gasteiger partial charge in [0.25, 0.3) is 0 Å². The lowest BCUT2D eigenvalue weighted by molar-refractivity contribution is -0.141. The highest BCUT2D eigenvalue weighted by Gasteiger charge is 2.40. The van der Waals surface area contributed by atoms with Crippen LogP contribution in [0.5, 0.6) is 0 Å². The second-order valence-electron chi connectivity index (χ2n) is 3.60. The van der Waals surface area contributed by atoms with E-state index in [2.05, 4.69) is 0 Å². The lowest BCUT2D eigenvalue weighted by atomic mass is 9.85. The van der Waals surface area contributed by atoms with Gasteiger partial charge < -0.3 is 9.84 Å². The van der Waals surface area contributed by atoms with Gasteiger partial charge in [0.1, 0.15) is 6.10 Å². The van der Waals surface area contributed by atoms with Crippen LogP contribution < -0.4 is 0 Å². The molecule has 0 aromatic rings. The lowest BCUT2D eigenvalue weighted by Gasteiger charge is -2.25. The number of aliphatic hydroxyl groups excluding tert-OH is 1. The van der Waals surface area contributed by atoms with Crippen LogP contribution in [0.2, 0.25) is 0 Å². The molecule has 0 bridgehead atoms. The summed E-state index contributed by atoms with van der Waals surface area (Å²) in [6.07, 6.45) is 2.42. The monoisotopic (exact) mass is 168 g/mol. The zero-order valence-corrected chi connectivity index (χ0v) is 6.99.